The Labute approximate surface area is 129 Å². The van der Waals surface area contributed by atoms with Gasteiger partial charge in [0.1, 0.15) is 6.04 Å². The Bertz CT molecular complexity index is 739. The topological polar surface area (TPSA) is 97.5 Å². The van der Waals surface area contributed by atoms with Crippen LogP contribution in [0, 0.1) is 0 Å². The van der Waals surface area contributed by atoms with Gasteiger partial charge in [-0.15, -0.1) is 0 Å². The van der Waals surface area contributed by atoms with E-state index >= 15 is 0 Å². The molecule has 0 aromatic heterocycles. The molecule has 116 valence electrons. The third-order valence-electron chi connectivity index (χ3n) is 3.25. The third kappa shape index (κ3) is 4.16. The Morgan fingerprint density at radius 1 is 1.00 bits per heavy atom. The van der Waals surface area contributed by atoms with Gasteiger partial charge in [0.2, 0.25) is 0 Å². The molecule has 3 N–H and O–H groups in total. The number of rotatable bonds is 6. The van der Waals surface area contributed by atoms with Crippen LogP contribution >= 0.6 is 0 Å². The van der Waals surface area contributed by atoms with Crippen molar-refractivity contribution in [3.8, 4) is 0 Å². The van der Waals surface area contributed by atoms with Crippen molar-refractivity contribution < 1.29 is 18.3 Å². The molecule has 0 fully saturated rings. The predicted octanol–water partition coefficient (Wildman–Crippen LogP) is 1.61. The molecule has 2 rings (SSSR count). The van der Waals surface area contributed by atoms with E-state index in [1.807, 2.05) is 6.07 Å². The summed E-state index contributed by atoms with van der Waals surface area (Å²) in [6.45, 7) is 0. The van der Waals surface area contributed by atoms with Crippen molar-refractivity contribution in [1.29, 1.82) is 0 Å². The molecule has 2 aromatic rings. The highest BCUT2D eigenvalue weighted by Crippen LogP contribution is 2.17. The second kappa shape index (κ2) is 6.72. The summed E-state index contributed by atoms with van der Waals surface area (Å²) in [7, 11) is -3.42. The fraction of sp³-hybridized carbons (Fsp3) is 0.188. The summed E-state index contributed by atoms with van der Waals surface area (Å²) in [6.07, 6.45) is 0.161. The number of carboxylic acid groups (broad SMARTS) is 1. The molecule has 0 radical (unpaired) electrons. The molecule has 5 nitrogen and oxygen atoms in total. The van der Waals surface area contributed by atoms with E-state index in [1.165, 1.54) is 12.1 Å². The van der Waals surface area contributed by atoms with Gasteiger partial charge in [-0.05, 0) is 29.7 Å². The number of hydrogen-bond donors (Lipinski definition) is 2. The average molecular weight is 319 g/mol. The molecule has 0 aliphatic carbocycles. The molecule has 0 spiro atoms. The van der Waals surface area contributed by atoms with Crippen LogP contribution in [0.2, 0.25) is 0 Å². The van der Waals surface area contributed by atoms with Gasteiger partial charge in [0.05, 0.1) is 10.6 Å². The van der Waals surface area contributed by atoms with Crippen LogP contribution in [-0.2, 0) is 26.8 Å². The molecule has 22 heavy (non-hydrogen) atoms. The lowest BCUT2D eigenvalue weighted by Gasteiger charge is -2.08. The second-order valence-electron chi connectivity index (χ2n) is 5.04. The first-order valence-corrected chi connectivity index (χ1v) is 8.38. The number of carbonyl (C=O) groups is 1. The molecule has 0 bridgehead atoms. The molecule has 0 unspecified atom stereocenters. The summed E-state index contributed by atoms with van der Waals surface area (Å²) in [6, 6.07) is 14.1. The number of carboxylic acids is 1. The smallest absolute Gasteiger partial charge is 0.320 e. The summed E-state index contributed by atoms with van der Waals surface area (Å²) in [5.74, 6) is -1.15. The Hall–Kier alpha value is -2.18. The first-order chi connectivity index (χ1) is 10.4. The molecule has 0 saturated carbocycles. The van der Waals surface area contributed by atoms with E-state index in [1.54, 1.807) is 36.4 Å². The summed E-state index contributed by atoms with van der Waals surface area (Å²) < 4.78 is 24.6. The highest BCUT2D eigenvalue weighted by Gasteiger charge is 2.16. The number of sulfone groups is 1. The van der Waals surface area contributed by atoms with Crippen LogP contribution in [0.4, 0.5) is 0 Å². The van der Waals surface area contributed by atoms with Gasteiger partial charge in [-0.3, -0.25) is 4.79 Å². The lowest BCUT2D eigenvalue weighted by atomic mass is 10.1. The molecule has 0 aliphatic heterocycles. The molecule has 2 aromatic carbocycles. The minimum atomic E-state index is -3.42. The van der Waals surface area contributed by atoms with Gasteiger partial charge in [-0.25, -0.2) is 8.42 Å². The number of hydrogen-bond acceptors (Lipinski definition) is 4. The van der Waals surface area contributed by atoms with E-state index in [4.69, 9.17) is 10.8 Å². The Kier molecular flexibility index (Phi) is 4.95. The summed E-state index contributed by atoms with van der Waals surface area (Å²) in [5.41, 5.74) is 6.87. The van der Waals surface area contributed by atoms with Crippen LogP contribution in [0.15, 0.2) is 59.5 Å². The fourth-order valence-corrected chi connectivity index (χ4v) is 3.40. The second-order valence-corrected chi connectivity index (χ2v) is 7.03. The Morgan fingerprint density at radius 3 is 2.14 bits per heavy atom. The summed E-state index contributed by atoms with van der Waals surface area (Å²) in [4.78, 5) is 10.9. The normalized spacial score (nSPS) is 12.8. The molecular weight excluding hydrogens is 302 g/mol. The van der Waals surface area contributed by atoms with Crippen molar-refractivity contribution in [3.05, 3.63) is 65.7 Å². The van der Waals surface area contributed by atoms with E-state index in [9.17, 15) is 13.2 Å². The van der Waals surface area contributed by atoms with Gasteiger partial charge in [0, 0.05) is 0 Å². The van der Waals surface area contributed by atoms with Crippen LogP contribution < -0.4 is 5.73 Å². The molecular formula is C16H17NO4S. The van der Waals surface area contributed by atoms with Gasteiger partial charge in [0.25, 0.3) is 0 Å². The van der Waals surface area contributed by atoms with Crippen molar-refractivity contribution in [2.24, 2.45) is 5.73 Å². The van der Waals surface area contributed by atoms with Crippen molar-refractivity contribution in [2.75, 3.05) is 0 Å². The monoisotopic (exact) mass is 319 g/mol. The van der Waals surface area contributed by atoms with Crippen molar-refractivity contribution >= 4 is 15.8 Å². The quantitative estimate of drug-likeness (QED) is 0.843. The van der Waals surface area contributed by atoms with E-state index in [2.05, 4.69) is 0 Å². The van der Waals surface area contributed by atoms with Crippen LogP contribution in [-0.4, -0.2) is 25.5 Å². The molecule has 0 amide bonds. The van der Waals surface area contributed by atoms with Crippen LogP contribution in [0.25, 0.3) is 0 Å². The summed E-state index contributed by atoms with van der Waals surface area (Å²) in [5, 5.41) is 8.77. The highest BCUT2D eigenvalue weighted by molar-refractivity contribution is 7.90. The zero-order valence-electron chi connectivity index (χ0n) is 11.8. The fourth-order valence-electron chi connectivity index (χ4n) is 2.05. The molecule has 1 atom stereocenters. The minimum Gasteiger partial charge on any atom is -0.480 e. The van der Waals surface area contributed by atoms with Crippen molar-refractivity contribution in [1.82, 2.24) is 0 Å². The van der Waals surface area contributed by atoms with Crippen LogP contribution in [0.1, 0.15) is 11.1 Å². The maximum Gasteiger partial charge on any atom is 0.320 e. The molecule has 0 saturated heterocycles. The van der Waals surface area contributed by atoms with E-state index < -0.39 is 21.8 Å². The van der Waals surface area contributed by atoms with Crippen LogP contribution in [0.3, 0.4) is 0 Å². The van der Waals surface area contributed by atoms with Crippen LogP contribution in [0.5, 0.6) is 0 Å². The maximum atomic E-state index is 12.3. The lowest BCUT2D eigenvalue weighted by Crippen LogP contribution is -2.32. The number of nitrogens with two attached hydrogens (primary N) is 1. The SMILES string of the molecule is N[C@@H](Cc1ccc(S(=O)(=O)Cc2ccccc2)cc1)C(=O)O. The highest BCUT2D eigenvalue weighted by atomic mass is 32.2. The van der Waals surface area contributed by atoms with E-state index in [-0.39, 0.29) is 17.1 Å². The standard InChI is InChI=1S/C16H17NO4S/c17-15(16(18)19)10-12-6-8-14(9-7-12)22(20,21)11-13-4-2-1-3-5-13/h1-9,15H,10-11,17H2,(H,18,19)/t15-/m0/s1. The lowest BCUT2D eigenvalue weighted by molar-refractivity contribution is -0.138. The Morgan fingerprint density at radius 2 is 1.59 bits per heavy atom. The van der Waals surface area contributed by atoms with Gasteiger partial charge >= 0.3 is 5.97 Å². The van der Waals surface area contributed by atoms with E-state index in [0.29, 0.717) is 5.56 Å². The van der Waals surface area contributed by atoms with Gasteiger partial charge in [-0.2, -0.15) is 0 Å². The maximum absolute atomic E-state index is 12.3. The van der Waals surface area contributed by atoms with Crippen molar-refractivity contribution in [2.45, 2.75) is 23.1 Å². The first kappa shape index (κ1) is 16.2. The largest absolute Gasteiger partial charge is 0.480 e. The van der Waals surface area contributed by atoms with E-state index in [0.717, 1.165) is 5.56 Å². The van der Waals surface area contributed by atoms with Crippen molar-refractivity contribution in [3.63, 3.8) is 0 Å². The minimum absolute atomic E-state index is 0.0676. The average Bonchev–Trinajstić information content (AvgIpc) is 2.48. The zero-order chi connectivity index (χ0) is 16.2. The predicted molar refractivity (Wildman–Crippen MR) is 83.1 cm³/mol. The number of aliphatic carboxylic acids is 1. The zero-order valence-corrected chi connectivity index (χ0v) is 12.7. The van der Waals surface area contributed by atoms with Gasteiger partial charge < -0.3 is 10.8 Å². The third-order valence-corrected chi connectivity index (χ3v) is 4.96. The van der Waals surface area contributed by atoms with Gasteiger partial charge in [0.15, 0.2) is 9.84 Å². The van der Waals surface area contributed by atoms with Gasteiger partial charge in [-0.1, -0.05) is 42.5 Å². The molecule has 6 heteroatoms. The molecule has 0 heterocycles. The molecule has 0 aliphatic rings. The summed E-state index contributed by atoms with van der Waals surface area (Å²) >= 11 is 0. The number of benzene rings is 2. The Balaban J connectivity index is 2.14. The first-order valence-electron chi connectivity index (χ1n) is 6.72.